The lowest BCUT2D eigenvalue weighted by molar-refractivity contribution is 0.0799. The van der Waals surface area contributed by atoms with Crippen molar-refractivity contribution < 1.29 is 13.9 Å². The molecule has 156 valence electrons. The van der Waals surface area contributed by atoms with Gasteiger partial charge >= 0.3 is 0 Å². The molecule has 2 aliphatic heterocycles. The summed E-state index contributed by atoms with van der Waals surface area (Å²) in [6.45, 7) is 8.03. The van der Waals surface area contributed by atoms with E-state index in [1.54, 1.807) is 6.07 Å². The summed E-state index contributed by atoms with van der Waals surface area (Å²) >= 11 is 6.23. The minimum atomic E-state index is -0.246. The predicted molar refractivity (Wildman–Crippen MR) is 116 cm³/mol. The zero-order valence-electron chi connectivity index (χ0n) is 17.2. The minimum absolute atomic E-state index is 0.246. The summed E-state index contributed by atoms with van der Waals surface area (Å²) in [6, 6.07) is 9.36. The molecule has 6 heteroatoms. The third-order valence-corrected chi connectivity index (χ3v) is 6.37. The van der Waals surface area contributed by atoms with Gasteiger partial charge in [0, 0.05) is 37.2 Å². The molecule has 0 unspecified atom stereocenters. The number of nitrogens with zero attached hydrogens (tertiary/aromatic N) is 1. The summed E-state index contributed by atoms with van der Waals surface area (Å²) in [7, 11) is 0. The predicted octanol–water partition coefficient (Wildman–Crippen LogP) is 5.71. The summed E-state index contributed by atoms with van der Waals surface area (Å²) in [5.41, 5.74) is 2.10. The van der Waals surface area contributed by atoms with Gasteiger partial charge in [0.15, 0.2) is 5.76 Å². The number of amides is 1. The van der Waals surface area contributed by atoms with Crippen LogP contribution in [-0.4, -0.2) is 32.2 Å². The molecule has 3 heterocycles. The Kier molecular flexibility index (Phi) is 5.88. The molecular formula is C23H29ClN2O3. The van der Waals surface area contributed by atoms with Crippen LogP contribution in [0.25, 0.3) is 0 Å². The van der Waals surface area contributed by atoms with Crippen molar-refractivity contribution >= 4 is 28.9 Å². The Morgan fingerprint density at radius 3 is 2.59 bits per heavy atom. The molecule has 29 heavy (non-hydrogen) atoms. The molecule has 2 aromatic rings. The fourth-order valence-corrected chi connectivity index (χ4v) is 4.27. The van der Waals surface area contributed by atoms with E-state index < -0.39 is 0 Å². The highest BCUT2D eigenvalue weighted by molar-refractivity contribution is 6.31. The molecule has 0 aliphatic carbocycles. The van der Waals surface area contributed by atoms with Gasteiger partial charge in [-0.05, 0) is 61.4 Å². The van der Waals surface area contributed by atoms with Gasteiger partial charge in [-0.1, -0.05) is 25.4 Å². The van der Waals surface area contributed by atoms with Gasteiger partial charge in [-0.25, -0.2) is 0 Å². The van der Waals surface area contributed by atoms with Gasteiger partial charge in [-0.2, -0.15) is 0 Å². The fourth-order valence-electron chi connectivity index (χ4n) is 4.10. The largest absolute Gasteiger partial charge is 0.456 e. The van der Waals surface area contributed by atoms with Crippen LogP contribution in [0.3, 0.4) is 0 Å². The van der Waals surface area contributed by atoms with Crippen molar-refractivity contribution in [1.82, 2.24) is 0 Å². The van der Waals surface area contributed by atoms with Crippen molar-refractivity contribution in [3.8, 4) is 0 Å². The highest BCUT2D eigenvalue weighted by Gasteiger charge is 2.27. The van der Waals surface area contributed by atoms with E-state index in [0.717, 1.165) is 69.1 Å². The topological polar surface area (TPSA) is 54.7 Å². The van der Waals surface area contributed by atoms with Crippen molar-refractivity contribution in [3.05, 3.63) is 46.9 Å². The Bertz CT molecular complexity index is 861. The van der Waals surface area contributed by atoms with Crippen LogP contribution in [0.1, 0.15) is 61.8 Å². The Balaban J connectivity index is 1.49. The minimum Gasteiger partial charge on any atom is -0.456 e. The first-order valence-electron chi connectivity index (χ1n) is 10.4. The standard InChI is InChI=1S/C23H29ClN2O3/c1-23(2)9-11-26(12-10-23)19-4-3-17(24)15-18(19)25-22(27)21-6-5-20(29-21)16-7-13-28-14-8-16/h3-6,15-16H,7-14H2,1-2H3,(H,25,27). The van der Waals surface area contributed by atoms with Crippen molar-refractivity contribution in [3.63, 3.8) is 0 Å². The first-order chi connectivity index (χ1) is 13.9. The lowest BCUT2D eigenvalue weighted by atomic mass is 9.82. The normalized spacial score (nSPS) is 19.9. The Morgan fingerprint density at radius 1 is 1.14 bits per heavy atom. The Labute approximate surface area is 177 Å². The molecule has 1 aromatic carbocycles. The van der Waals surface area contributed by atoms with Gasteiger partial charge in [0.2, 0.25) is 0 Å². The molecule has 2 fully saturated rings. The molecule has 1 amide bonds. The summed E-state index contributed by atoms with van der Waals surface area (Å²) in [6.07, 6.45) is 4.10. The van der Waals surface area contributed by atoms with Gasteiger partial charge in [-0.3, -0.25) is 4.79 Å². The number of rotatable bonds is 4. The zero-order chi connectivity index (χ0) is 20.4. The lowest BCUT2D eigenvalue weighted by Gasteiger charge is -2.39. The number of halogens is 1. The second-order valence-electron chi connectivity index (χ2n) is 8.86. The highest BCUT2D eigenvalue weighted by Crippen LogP contribution is 2.36. The van der Waals surface area contributed by atoms with Crippen LogP contribution in [0.5, 0.6) is 0 Å². The number of carbonyl (C=O) groups excluding carboxylic acids is 1. The van der Waals surface area contributed by atoms with Crippen molar-refractivity contribution in [2.75, 3.05) is 36.5 Å². The van der Waals surface area contributed by atoms with Gasteiger partial charge < -0.3 is 19.4 Å². The molecule has 2 saturated heterocycles. The van der Waals surface area contributed by atoms with Crippen LogP contribution in [0.2, 0.25) is 5.02 Å². The monoisotopic (exact) mass is 416 g/mol. The molecule has 4 rings (SSSR count). The number of furan rings is 1. The van der Waals surface area contributed by atoms with Crippen LogP contribution in [0, 0.1) is 5.41 Å². The number of hydrogen-bond donors (Lipinski definition) is 1. The second-order valence-corrected chi connectivity index (χ2v) is 9.29. The smallest absolute Gasteiger partial charge is 0.291 e. The van der Waals surface area contributed by atoms with Gasteiger partial charge in [0.05, 0.1) is 11.4 Å². The molecule has 5 nitrogen and oxygen atoms in total. The quantitative estimate of drug-likeness (QED) is 0.693. The number of nitrogens with one attached hydrogen (secondary N) is 1. The lowest BCUT2D eigenvalue weighted by Crippen LogP contribution is -2.37. The van der Waals surface area contributed by atoms with E-state index in [-0.39, 0.29) is 5.91 Å². The third kappa shape index (κ3) is 4.78. The van der Waals surface area contributed by atoms with E-state index in [9.17, 15) is 4.79 Å². The van der Waals surface area contributed by atoms with Crippen LogP contribution < -0.4 is 10.2 Å². The van der Waals surface area contributed by atoms with Gasteiger partial charge in [0.1, 0.15) is 5.76 Å². The SMILES string of the molecule is CC1(C)CCN(c2ccc(Cl)cc2NC(=O)c2ccc(C3CCOCC3)o2)CC1. The Hall–Kier alpha value is -1.98. The van der Waals surface area contributed by atoms with E-state index in [1.807, 2.05) is 24.3 Å². The Morgan fingerprint density at radius 2 is 1.86 bits per heavy atom. The number of benzene rings is 1. The fraction of sp³-hybridized carbons (Fsp3) is 0.522. The summed E-state index contributed by atoms with van der Waals surface area (Å²) in [5, 5.41) is 3.62. The number of carbonyl (C=O) groups is 1. The van der Waals surface area contributed by atoms with Gasteiger partial charge in [-0.15, -0.1) is 0 Å². The van der Waals surface area contributed by atoms with E-state index in [1.165, 1.54) is 0 Å². The molecule has 2 aliphatic rings. The van der Waals surface area contributed by atoms with Crippen molar-refractivity contribution in [2.45, 2.75) is 45.4 Å². The maximum Gasteiger partial charge on any atom is 0.291 e. The number of anilines is 2. The number of piperidine rings is 1. The summed E-state index contributed by atoms with van der Waals surface area (Å²) in [5.74, 6) is 1.27. The van der Waals surface area contributed by atoms with Crippen LogP contribution >= 0.6 is 11.6 Å². The molecule has 1 N–H and O–H groups in total. The van der Waals surface area contributed by atoms with E-state index >= 15 is 0 Å². The molecule has 0 bridgehead atoms. The maximum atomic E-state index is 12.9. The first kappa shape index (κ1) is 20.3. The van der Waals surface area contributed by atoms with Crippen LogP contribution in [0.4, 0.5) is 11.4 Å². The molecule has 1 aromatic heterocycles. The first-order valence-corrected chi connectivity index (χ1v) is 10.8. The highest BCUT2D eigenvalue weighted by atomic mass is 35.5. The van der Waals surface area contributed by atoms with Crippen LogP contribution in [0.15, 0.2) is 34.7 Å². The molecule has 0 spiro atoms. The number of hydrogen-bond acceptors (Lipinski definition) is 4. The number of ether oxygens (including phenoxy) is 1. The summed E-state index contributed by atoms with van der Waals surface area (Å²) < 4.78 is 11.3. The van der Waals surface area contributed by atoms with Crippen molar-refractivity contribution in [2.24, 2.45) is 5.41 Å². The average Bonchev–Trinajstić information content (AvgIpc) is 3.20. The van der Waals surface area contributed by atoms with E-state index in [2.05, 4.69) is 24.1 Å². The van der Waals surface area contributed by atoms with E-state index in [4.69, 9.17) is 20.8 Å². The second kappa shape index (κ2) is 8.41. The average molecular weight is 417 g/mol. The van der Waals surface area contributed by atoms with Crippen LogP contribution in [-0.2, 0) is 4.74 Å². The molecule has 0 saturated carbocycles. The maximum absolute atomic E-state index is 12.9. The van der Waals surface area contributed by atoms with E-state index in [0.29, 0.717) is 22.1 Å². The zero-order valence-corrected chi connectivity index (χ0v) is 17.9. The summed E-state index contributed by atoms with van der Waals surface area (Å²) in [4.78, 5) is 15.2. The third-order valence-electron chi connectivity index (χ3n) is 6.14. The molecule has 0 radical (unpaired) electrons. The van der Waals surface area contributed by atoms with Gasteiger partial charge in [0.25, 0.3) is 5.91 Å². The van der Waals surface area contributed by atoms with Crippen molar-refractivity contribution in [1.29, 1.82) is 0 Å². The molecule has 0 atom stereocenters. The molecular weight excluding hydrogens is 388 g/mol.